The predicted molar refractivity (Wildman–Crippen MR) is 60.6 cm³/mol. The molecule has 3 atom stereocenters. The first-order valence-electron chi connectivity index (χ1n) is 6.00. The van der Waals surface area contributed by atoms with Crippen LogP contribution in [0.15, 0.2) is 11.8 Å². The fourth-order valence-corrected chi connectivity index (χ4v) is 2.80. The summed E-state index contributed by atoms with van der Waals surface area (Å²) in [5, 5.41) is 0. The molecule has 3 unspecified atom stereocenters. The van der Waals surface area contributed by atoms with Crippen LogP contribution in [0.4, 0.5) is 0 Å². The van der Waals surface area contributed by atoms with Gasteiger partial charge in [0.2, 0.25) is 0 Å². The van der Waals surface area contributed by atoms with E-state index in [2.05, 4.69) is 20.8 Å². The summed E-state index contributed by atoms with van der Waals surface area (Å²) in [5.74, 6) is 0. The molecule has 2 saturated heterocycles. The molecule has 0 radical (unpaired) electrons. The zero-order valence-electron chi connectivity index (χ0n) is 10.1. The quantitative estimate of drug-likeness (QED) is 0.523. The smallest absolute Gasteiger partial charge is 0.0879 e. The summed E-state index contributed by atoms with van der Waals surface area (Å²) in [5.41, 5.74) is 1.60. The largest absolute Gasteiger partial charge is 0.501 e. The average Bonchev–Trinajstić information content (AvgIpc) is 2.72. The van der Waals surface area contributed by atoms with Gasteiger partial charge in [0.05, 0.1) is 25.1 Å². The van der Waals surface area contributed by atoms with E-state index in [4.69, 9.17) is 9.47 Å². The molecule has 86 valence electrons. The Kier molecular flexibility index (Phi) is 3.06. The molecule has 2 rings (SSSR count). The van der Waals surface area contributed by atoms with Gasteiger partial charge >= 0.3 is 0 Å². The summed E-state index contributed by atoms with van der Waals surface area (Å²) < 4.78 is 11.4. The highest BCUT2D eigenvalue weighted by atomic mass is 16.5. The van der Waals surface area contributed by atoms with Crippen LogP contribution >= 0.6 is 0 Å². The number of ether oxygens (including phenoxy) is 2. The van der Waals surface area contributed by atoms with Crippen molar-refractivity contribution in [1.82, 2.24) is 0 Å². The standard InChI is InChI=1S/C13H22O2/c1-10(2)9-14-7-6-13(3)8-11-4-5-12(13)15-11/h9,11-12H,4-8H2,1-3H3. The van der Waals surface area contributed by atoms with Gasteiger partial charge in [-0.2, -0.15) is 0 Å². The Morgan fingerprint density at radius 2 is 2.27 bits per heavy atom. The Morgan fingerprint density at radius 1 is 1.47 bits per heavy atom. The van der Waals surface area contributed by atoms with Gasteiger partial charge in [-0.1, -0.05) is 6.92 Å². The van der Waals surface area contributed by atoms with Crippen molar-refractivity contribution in [3.05, 3.63) is 11.8 Å². The molecule has 0 N–H and O–H groups in total. The molecule has 2 nitrogen and oxygen atoms in total. The predicted octanol–water partition coefficient (Wildman–Crippen LogP) is 3.27. The number of rotatable bonds is 4. The zero-order chi connectivity index (χ0) is 10.9. The second kappa shape index (κ2) is 4.17. The molecule has 2 bridgehead atoms. The monoisotopic (exact) mass is 210 g/mol. The van der Waals surface area contributed by atoms with Crippen molar-refractivity contribution < 1.29 is 9.47 Å². The molecule has 0 amide bonds. The van der Waals surface area contributed by atoms with Gasteiger partial charge in [0, 0.05) is 0 Å². The van der Waals surface area contributed by atoms with E-state index in [-0.39, 0.29) is 0 Å². The normalized spacial score (nSPS) is 38.1. The van der Waals surface area contributed by atoms with Crippen LogP contribution in [0, 0.1) is 5.41 Å². The van der Waals surface area contributed by atoms with Crippen molar-refractivity contribution in [3.63, 3.8) is 0 Å². The molecule has 2 aliphatic rings. The van der Waals surface area contributed by atoms with Crippen LogP contribution < -0.4 is 0 Å². The van der Waals surface area contributed by atoms with E-state index in [1.807, 2.05) is 6.26 Å². The number of allylic oxidation sites excluding steroid dienone is 1. The molecular weight excluding hydrogens is 188 g/mol. The number of hydrogen-bond acceptors (Lipinski definition) is 2. The van der Waals surface area contributed by atoms with Crippen LogP contribution in [-0.2, 0) is 9.47 Å². The lowest BCUT2D eigenvalue weighted by Gasteiger charge is -2.30. The first-order valence-corrected chi connectivity index (χ1v) is 6.00. The summed E-state index contributed by atoms with van der Waals surface area (Å²) >= 11 is 0. The zero-order valence-corrected chi connectivity index (χ0v) is 10.1. The summed E-state index contributed by atoms with van der Waals surface area (Å²) in [7, 11) is 0. The number of fused-ring (bicyclic) bond motifs is 2. The van der Waals surface area contributed by atoms with Gasteiger partial charge in [0.15, 0.2) is 0 Å². The van der Waals surface area contributed by atoms with Gasteiger partial charge in [-0.15, -0.1) is 0 Å². The maximum Gasteiger partial charge on any atom is 0.0879 e. The van der Waals surface area contributed by atoms with Crippen molar-refractivity contribution >= 4 is 0 Å². The Balaban J connectivity index is 1.77. The van der Waals surface area contributed by atoms with Gasteiger partial charge in [-0.3, -0.25) is 0 Å². The molecule has 2 fully saturated rings. The topological polar surface area (TPSA) is 18.5 Å². The van der Waals surface area contributed by atoms with Gasteiger partial charge in [-0.05, 0) is 50.5 Å². The van der Waals surface area contributed by atoms with E-state index in [1.54, 1.807) is 0 Å². The summed E-state index contributed by atoms with van der Waals surface area (Å²) in [6, 6.07) is 0. The van der Waals surface area contributed by atoms with Crippen molar-refractivity contribution in [2.45, 2.75) is 58.7 Å². The molecule has 0 aromatic carbocycles. The molecule has 2 heterocycles. The second-order valence-electron chi connectivity index (χ2n) is 5.50. The van der Waals surface area contributed by atoms with Gasteiger partial charge in [0.1, 0.15) is 0 Å². The molecule has 0 saturated carbocycles. The van der Waals surface area contributed by atoms with Gasteiger partial charge in [-0.25, -0.2) is 0 Å². The Hall–Kier alpha value is -0.500. The molecule has 15 heavy (non-hydrogen) atoms. The Labute approximate surface area is 92.6 Å². The SMILES string of the molecule is CC(C)=COCCC1(C)CC2CCC1O2. The van der Waals surface area contributed by atoms with Gasteiger partial charge < -0.3 is 9.47 Å². The van der Waals surface area contributed by atoms with Crippen LogP contribution in [0.3, 0.4) is 0 Å². The Bertz CT molecular complexity index is 255. The lowest BCUT2D eigenvalue weighted by atomic mass is 9.73. The number of hydrogen-bond donors (Lipinski definition) is 0. The minimum absolute atomic E-state index is 0.373. The molecule has 2 heteroatoms. The van der Waals surface area contributed by atoms with Crippen molar-refractivity contribution in [1.29, 1.82) is 0 Å². The van der Waals surface area contributed by atoms with Crippen LogP contribution in [0.5, 0.6) is 0 Å². The summed E-state index contributed by atoms with van der Waals surface area (Å²) in [4.78, 5) is 0. The third-order valence-electron chi connectivity index (χ3n) is 3.69. The highest BCUT2D eigenvalue weighted by molar-refractivity contribution is 4.98. The van der Waals surface area contributed by atoms with Crippen molar-refractivity contribution in [2.24, 2.45) is 5.41 Å². The van der Waals surface area contributed by atoms with E-state index in [9.17, 15) is 0 Å². The molecule has 0 spiro atoms. The van der Waals surface area contributed by atoms with Crippen LogP contribution in [0.25, 0.3) is 0 Å². The molecule has 0 aromatic rings. The lowest BCUT2D eigenvalue weighted by molar-refractivity contribution is 0.0540. The fraction of sp³-hybridized carbons (Fsp3) is 0.846. The van der Waals surface area contributed by atoms with Crippen molar-refractivity contribution in [2.75, 3.05) is 6.61 Å². The molecule has 0 aliphatic carbocycles. The lowest BCUT2D eigenvalue weighted by Crippen LogP contribution is -2.30. The summed E-state index contributed by atoms with van der Waals surface area (Å²) in [6.07, 6.45) is 7.78. The van der Waals surface area contributed by atoms with Crippen LogP contribution in [0.2, 0.25) is 0 Å². The molecular formula is C13H22O2. The summed E-state index contributed by atoms with van der Waals surface area (Å²) in [6.45, 7) is 7.29. The maximum atomic E-state index is 5.90. The van der Waals surface area contributed by atoms with E-state index in [0.29, 0.717) is 17.6 Å². The first kappa shape index (κ1) is 11.0. The van der Waals surface area contributed by atoms with Crippen LogP contribution in [0.1, 0.15) is 46.5 Å². The van der Waals surface area contributed by atoms with E-state index >= 15 is 0 Å². The third-order valence-corrected chi connectivity index (χ3v) is 3.69. The van der Waals surface area contributed by atoms with E-state index < -0.39 is 0 Å². The fourth-order valence-electron chi connectivity index (χ4n) is 2.80. The maximum absolute atomic E-state index is 5.90. The molecule has 0 aromatic heterocycles. The average molecular weight is 210 g/mol. The first-order chi connectivity index (χ1) is 7.10. The second-order valence-corrected chi connectivity index (χ2v) is 5.50. The third kappa shape index (κ3) is 2.36. The molecule has 2 aliphatic heterocycles. The highest BCUT2D eigenvalue weighted by Crippen LogP contribution is 2.49. The van der Waals surface area contributed by atoms with Gasteiger partial charge in [0.25, 0.3) is 0 Å². The minimum atomic E-state index is 0.373. The Morgan fingerprint density at radius 3 is 2.80 bits per heavy atom. The van der Waals surface area contributed by atoms with Crippen LogP contribution in [-0.4, -0.2) is 18.8 Å². The highest BCUT2D eigenvalue weighted by Gasteiger charge is 2.48. The van der Waals surface area contributed by atoms with Crippen molar-refractivity contribution in [3.8, 4) is 0 Å². The van der Waals surface area contributed by atoms with E-state index in [1.165, 1.54) is 24.8 Å². The van der Waals surface area contributed by atoms with E-state index in [0.717, 1.165) is 13.0 Å². The minimum Gasteiger partial charge on any atom is -0.501 e.